The van der Waals surface area contributed by atoms with E-state index in [1.165, 1.54) is 6.07 Å². The molecule has 0 fully saturated rings. The van der Waals surface area contributed by atoms with Gasteiger partial charge in [0.2, 0.25) is 0 Å². The van der Waals surface area contributed by atoms with Gasteiger partial charge in [0.1, 0.15) is 5.75 Å². The normalized spacial score (nSPS) is 10.3. The van der Waals surface area contributed by atoms with Crippen molar-refractivity contribution in [1.82, 2.24) is 4.98 Å². The number of nitrogens with two attached hydrogens (primary N) is 1. The van der Waals surface area contributed by atoms with E-state index in [4.69, 9.17) is 10.8 Å². The summed E-state index contributed by atoms with van der Waals surface area (Å²) in [6, 6.07) is 4.69. The van der Waals surface area contributed by atoms with Gasteiger partial charge in [0.15, 0.2) is 0 Å². The zero-order valence-electron chi connectivity index (χ0n) is 6.93. The molecule has 1 aromatic carbocycles. The predicted octanol–water partition coefficient (Wildman–Crippen LogP) is 1.46. The summed E-state index contributed by atoms with van der Waals surface area (Å²) < 4.78 is 5.34. The van der Waals surface area contributed by atoms with Crippen molar-refractivity contribution < 1.29 is 14.6 Å². The molecule has 2 rings (SSSR count). The van der Waals surface area contributed by atoms with Crippen molar-refractivity contribution in [3.63, 3.8) is 0 Å². The van der Waals surface area contributed by atoms with E-state index in [2.05, 4.69) is 9.72 Å². The van der Waals surface area contributed by atoms with Crippen LogP contribution >= 0.6 is 11.3 Å². The third-order valence-corrected chi connectivity index (χ3v) is 2.44. The van der Waals surface area contributed by atoms with Crippen LogP contribution in [0, 0.1) is 0 Å². The number of nitrogens with zero attached hydrogens (tertiary/aromatic N) is 1. The number of aromatic nitrogens is 1. The summed E-state index contributed by atoms with van der Waals surface area (Å²) in [5, 5.41) is 9.35. The third-order valence-electron chi connectivity index (χ3n) is 1.54. The van der Waals surface area contributed by atoms with Crippen LogP contribution in [0.2, 0.25) is 0 Å². The van der Waals surface area contributed by atoms with Gasteiger partial charge in [-0.3, -0.25) is 0 Å². The molecule has 0 unspecified atom stereocenters. The molecule has 0 saturated carbocycles. The second-order valence-electron chi connectivity index (χ2n) is 2.55. The Labute approximate surface area is 82.7 Å². The van der Waals surface area contributed by atoms with Gasteiger partial charge in [-0.05, 0) is 18.2 Å². The summed E-state index contributed by atoms with van der Waals surface area (Å²) in [7, 11) is 0. The standard InChI is InChI=1S/C8H6N2O3S/c9-7(12)13-8-10-5-2-1-4(11)3-6(5)14-8/h1-3,11H,(H2,9,12). The first-order chi connectivity index (χ1) is 6.65. The smallest absolute Gasteiger partial charge is 0.411 e. The molecule has 5 nitrogen and oxygen atoms in total. The van der Waals surface area contributed by atoms with E-state index in [0.29, 0.717) is 5.52 Å². The van der Waals surface area contributed by atoms with E-state index in [-0.39, 0.29) is 10.9 Å². The first kappa shape index (κ1) is 8.76. The molecule has 3 N–H and O–H groups in total. The molecule has 0 aliphatic rings. The molecule has 0 spiro atoms. The van der Waals surface area contributed by atoms with Crippen LogP contribution in [-0.2, 0) is 0 Å². The fourth-order valence-corrected chi connectivity index (χ4v) is 1.88. The molecule has 1 amide bonds. The van der Waals surface area contributed by atoms with Crippen molar-refractivity contribution in [2.75, 3.05) is 0 Å². The monoisotopic (exact) mass is 210 g/mol. The highest BCUT2D eigenvalue weighted by Gasteiger charge is 2.07. The number of phenols is 1. The van der Waals surface area contributed by atoms with E-state index in [9.17, 15) is 4.79 Å². The van der Waals surface area contributed by atoms with Crippen molar-refractivity contribution in [1.29, 1.82) is 0 Å². The first-order valence-corrected chi connectivity index (χ1v) is 4.53. The zero-order chi connectivity index (χ0) is 10.1. The second-order valence-corrected chi connectivity index (χ2v) is 3.55. The van der Waals surface area contributed by atoms with E-state index in [0.717, 1.165) is 16.0 Å². The molecule has 72 valence electrons. The fraction of sp³-hybridized carbons (Fsp3) is 0. The van der Waals surface area contributed by atoms with Gasteiger partial charge in [-0.1, -0.05) is 11.3 Å². The van der Waals surface area contributed by atoms with E-state index >= 15 is 0 Å². The third kappa shape index (κ3) is 1.60. The van der Waals surface area contributed by atoms with Crippen LogP contribution in [0.25, 0.3) is 10.2 Å². The number of amides is 1. The van der Waals surface area contributed by atoms with Gasteiger partial charge >= 0.3 is 6.09 Å². The average molecular weight is 210 g/mol. The minimum atomic E-state index is -0.895. The summed E-state index contributed by atoms with van der Waals surface area (Å²) >= 11 is 1.15. The first-order valence-electron chi connectivity index (χ1n) is 3.72. The zero-order valence-corrected chi connectivity index (χ0v) is 7.75. The molecule has 0 saturated heterocycles. The Balaban J connectivity index is 2.46. The lowest BCUT2D eigenvalue weighted by Crippen LogP contribution is -2.15. The van der Waals surface area contributed by atoms with Gasteiger partial charge < -0.3 is 15.6 Å². The number of aromatic hydroxyl groups is 1. The van der Waals surface area contributed by atoms with Crippen molar-refractivity contribution in [2.45, 2.75) is 0 Å². The maximum Gasteiger partial charge on any atom is 0.411 e. The largest absolute Gasteiger partial charge is 0.508 e. The lowest BCUT2D eigenvalue weighted by atomic mass is 10.3. The summed E-state index contributed by atoms with van der Waals surface area (Å²) in [4.78, 5) is 14.4. The summed E-state index contributed by atoms with van der Waals surface area (Å²) in [5.41, 5.74) is 5.49. The maximum absolute atomic E-state index is 10.4. The number of benzene rings is 1. The number of carbonyl (C=O) groups excluding carboxylic acids is 1. The number of phenolic OH excluding ortho intramolecular Hbond substituents is 1. The molecule has 0 atom stereocenters. The molecular weight excluding hydrogens is 204 g/mol. The molecule has 0 aliphatic carbocycles. The number of fused-ring (bicyclic) bond motifs is 1. The minimum Gasteiger partial charge on any atom is -0.508 e. The Kier molecular flexibility index (Phi) is 1.97. The Hall–Kier alpha value is -1.82. The second kappa shape index (κ2) is 3.15. The number of ether oxygens (including phenoxy) is 1. The summed E-state index contributed by atoms with van der Waals surface area (Å²) in [5.74, 6) is 0.145. The number of primary amides is 1. The molecule has 0 aliphatic heterocycles. The molecular formula is C8H6N2O3S. The molecule has 6 heteroatoms. The van der Waals surface area contributed by atoms with Crippen molar-refractivity contribution in [3.8, 4) is 10.9 Å². The molecule has 1 aromatic heterocycles. The molecule has 2 aromatic rings. The Bertz CT molecular complexity index is 494. The number of carbonyl (C=O) groups is 1. The van der Waals surface area contributed by atoms with Gasteiger partial charge in [-0.25, -0.2) is 9.78 Å². The number of thiazole rings is 1. The molecule has 0 radical (unpaired) electrons. The van der Waals surface area contributed by atoms with Gasteiger partial charge in [0.25, 0.3) is 5.19 Å². The van der Waals surface area contributed by atoms with Crippen LogP contribution in [0.5, 0.6) is 10.9 Å². The predicted molar refractivity (Wildman–Crippen MR) is 51.5 cm³/mol. The maximum atomic E-state index is 10.4. The van der Waals surface area contributed by atoms with Gasteiger partial charge in [-0.2, -0.15) is 0 Å². The quantitative estimate of drug-likeness (QED) is 0.746. The number of hydrogen-bond acceptors (Lipinski definition) is 5. The van der Waals surface area contributed by atoms with Gasteiger partial charge in [0.05, 0.1) is 10.2 Å². The van der Waals surface area contributed by atoms with E-state index < -0.39 is 6.09 Å². The van der Waals surface area contributed by atoms with Gasteiger partial charge in [0, 0.05) is 0 Å². The Morgan fingerprint density at radius 1 is 1.57 bits per heavy atom. The summed E-state index contributed by atoms with van der Waals surface area (Å²) in [6.45, 7) is 0. The topological polar surface area (TPSA) is 85.4 Å². The van der Waals surface area contributed by atoms with E-state index in [1.807, 2.05) is 0 Å². The fourth-order valence-electron chi connectivity index (χ4n) is 1.02. The minimum absolute atomic E-state index is 0.145. The average Bonchev–Trinajstić information content (AvgIpc) is 2.44. The lowest BCUT2D eigenvalue weighted by Gasteiger charge is -1.90. The van der Waals surface area contributed by atoms with Crippen LogP contribution in [0.3, 0.4) is 0 Å². The van der Waals surface area contributed by atoms with Crippen LogP contribution < -0.4 is 10.5 Å². The number of hydrogen-bond donors (Lipinski definition) is 2. The van der Waals surface area contributed by atoms with Crippen molar-refractivity contribution >= 4 is 27.6 Å². The van der Waals surface area contributed by atoms with Crippen LogP contribution in [0.4, 0.5) is 4.79 Å². The van der Waals surface area contributed by atoms with E-state index in [1.54, 1.807) is 12.1 Å². The van der Waals surface area contributed by atoms with Gasteiger partial charge in [-0.15, -0.1) is 0 Å². The SMILES string of the molecule is NC(=O)Oc1nc2ccc(O)cc2s1. The van der Waals surface area contributed by atoms with Crippen LogP contribution in [0.1, 0.15) is 0 Å². The molecule has 1 heterocycles. The molecule has 14 heavy (non-hydrogen) atoms. The Morgan fingerprint density at radius 3 is 3.07 bits per heavy atom. The van der Waals surface area contributed by atoms with Crippen LogP contribution in [-0.4, -0.2) is 16.2 Å². The summed E-state index contributed by atoms with van der Waals surface area (Å²) in [6.07, 6.45) is -0.895. The Morgan fingerprint density at radius 2 is 2.36 bits per heavy atom. The van der Waals surface area contributed by atoms with Crippen molar-refractivity contribution in [2.24, 2.45) is 5.73 Å². The molecule has 0 bridgehead atoms. The highest BCUT2D eigenvalue weighted by atomic mass is 32.1. The van der Waals surface area contributed by atoms with Crippen molar-refractivity contribution in [3.05, 3.63) is 18.2 Å². The van der Waals surface area contributed by atoms with Crippen LogP contribution in [0.15, 0.2) is 18.2 Å². The highest BCUT2D eigenvalue weighted by molar-refractivity contribution is 7.20. The lowest BCUT2D eigenvalue weighted by molar-refractivity contribution is 0.211. The highest BCUT2D eigenvalue weighted by Crippen LogP contribution is 2.29. The number of rotatable bonds is 1.